The fraction of sp³-hybridized carbons (Fsp3) is 0.167. The molecule has 30 heavy (non-hydrogen) atoms. The van der Waals surface area contributed by atoms with Gasteiger partial charge in [0.15, 0.2) is 17.2 Å². The maximum atomic E-state index is 14.1. The van der Waals surface area contributed by atoms with E-state index in [1.165, 1.54) is 35.0 Å². The molecule has 5 rings (SSSR count). The van der Waals surface area contributed by atoms with Crippen LogP contribution in [0.5, 0.6) is 17.6 Å². The van der Waals surface area contributed by atoms with Crippen molar-refractivity contribution < 1.29 is 14.2 Å². The first-order valence-corrected chi connectivity index (χ1v) is 9.30. The zero-order valence-electron chi connectivity index (χ0n) is 15.1. The van der Waals surface area contributed by atoms with Gasteiger partial charge in [0.2, 0.25) is 5.88 Å². The highest BCUT2D eigenvalue weighted by molar-refractivity contribution is 6.32. The predicted octanol–water partition coefficient (Wildman–Crippen LogP) is 1.04. The summed E-state index contributed by atoms with van der Waals surface area (Å²) in [6, 6.07) is 4.09. The Bertz CT molecular complexity index is 1430. The molecule has 0 aliphatic heterocycles. The van der Waals surface area contributed by atoms with Crippen LogP contribution in [0, 0.1) is 5.82 Å². The standard InChI is InChI=1S/C18H13ClFN7O3/c19-10-2-1-3-11(20)13(10)30-18-24-14-8(6-12-15(28)25-17(29)23-12)7-21-27(14)16(26-18)22-9-4-5-9/h1-3,6-7,9,28H,4-5H2,(H2,23,25,29)/b8-6-,22-16?. The fourth-order valence-corrected chi connectivity index (χ4v) is 2.98. The van der Waals surface area contributed by atoms with E-state index in [-0.39, 0.29) is 45.7 Å². The van der Waals surface area contributed by atoms with Crippen LogP contribution in [0.25, 0.3) is 11.7 Å². The molecular weight excluding hydrogens is 417 g/mol. The number of imidazole rings is 1. The molecule has 1 aliphatic rings. The highest BCUT2D eigenvalue weighted by Crippen LogP contribution is 2.30. The van der Waals surface area contributed by atoms with Gasteiger partial charge in [-0.3, -0.25) is 4.98 Å². The monoisotopic (exact) mass is 429 g/mol. The molecule has 0 amide bonds. The largest absolute Gasteiger partial charge is 0.493 e. The quantitative estimate of drug-likeness (QED) is 0.444. The predicted molar refractivity (Wildman–Crippen MR) is 103 cm³/mol. The van der Waals surface area contributed by atoms with Crippen molar-refractivity contribution >= 4 is 23.3 Å². The molecule has 0 radical (unpaired) electrons. The van der Waals surface area contributed by atoms with Gasteiger partial charge in [0, 0.05) is 5.22 Å². The Morgan fingerprint density at radius 1 is 1.33 bits per heavy atom. The summed E-state index contributed by atoms with van der Waals surface area (Å²) in [5, 5.41) is 14.6. The number of aromatic amines is 2. The maximum Gasteiger partial charge on any atom is 0.327 e. The highest BCUT2D eigenvalue weighted by atomic mass is 35.5. The number of aromatic nitrogens is 6. The number of ether oxygens (including phenoxy) is 1. The van der Waals surface area contributed by atoms with Crippen LogP contribution in [0.3, 0.4) is 0 Å². The lowest BCUT2D eigenvalue weighted by Crippen LogP contribution is -2.23. The van der Waals surface area contributed by atoms with E-state index >= 15 is 0 Å². The lowest BCUT2D eigenvalue weighted by atomic mass is 10.3. The number of aromatic hydroxyl groups is 1. The molecule has 0 bridgehead atoms. The Balaban J connectivity index is 1.71. The number of fused-ring (bicyclic) bond motifs is 1. The summed E-state index contributed by atoms with van der Waals surface area (Å²) in [6.07, 6.45) is 4.81. The van der Waals surface area contributed by atoms with Crippen molar-refractivity contribution in [3.05, 3.63) is 62.3 Å². The fourth-order valence-electron chi connectivity index (χ4n) is 2.78. The highest BCUT2D eigenvalue weighted by Gasteiger charge is 2.21. The van der Waals surface area contributed by atoms with E-state index in [9.17, 15) is 14.3 Å². The molecule has 3 N–H and O–H groups in total. The topological polar surface area (TPSA) is 134 Å². The third kappa shape index (κ3) is 3.39. The van der Waals surface area contributed by atoms with Crippen molar-refractivity contribution in [1.82, 2.24) is 29.5 Å². The molecule has 3 heterocycles. The number of nitrogens with zero attached hydrogens (tertiary/aromatic N) is 5. The normalized spacial score (nSPS) is 15.3. The maximum absolute atomic E-state index is 14.1. The smallest absolute Gasteiger partial charge is 0.327 e. The Morgan fingerprint density at radius 3 is 2.87 bits per heavy atom. The van der Waals surface area contributed by atoms with Crippen LogP contribution in [0.2, 0.25) is 5.02 Å². The molecule has 0 unspecified atom stereocenters. The third-order valence-electron chi connectivity index (χ3n) is 4.35. The number of rotatable bonds is 4. The summed E-state index contributed by atoms with van der Waals surface area (Å²) >= 11 is 6.04. The summed E-state index contributed by atoms with van der Waals surface area (Å²) in [5.74, 6) is -1.20. The molecule has 1 fully saturated rings. The number of H-pyrrole nitrogens is 2. The van der Waals surface area contributed by atoms with Crippen molar-refractivity contribution in [2.75, 3.05) is 0 Å². The zero-order valence-corrected chi connectivity index (χ0v) is 15.9. The van der Waals surface area contributed by atoms with Gasteiger partial charge in [0.25, 0.3) is 5.62 Å². The second-order valence-electron chi connectivity index (χ2n) is 6.64. The lowest BCUT2D eigenvalue weighted by molar-refractivity contribution is 0.407. The third-order valence-corrected chi connectivity index (χ3v) is 4.65. The van der Waals surface area contributed by atoms with Crippen molar-refractivity contribution in [3.8, 4) is 17.6 Å². The molecule has 1 saturated carbocycles. The molecule has 0 spiro atoms. The van der Waals surface area contributed by atoms with Crippen LogP contribution in [-0.2, 0) is 0 Å². The summed E-state index contributed by atoms with van der Waals surface area (Å²) in [4.78, 5) is 29.1. The van der Waals surface area contributed by atoms with Crippen LogP contribution in [0.1, 0.15) is 18.5 Å². The first-order valence-electron chi connectivity index (χ1n) is 8.92. The van der Waals surface area contributed by atoms with Gasteiger partial charge in [-0.15, -0.1) is 0 Å². The molecule has 12 heteroatoms. The summed E-state index contributed by atoms with van der Waals surface area (Å²) < 4.78 is 21.1. The molecule has 152 valence electrons. The van der Waals surface area contributed by atoms with Crippen LogP contribution in [0.4, 0.5) is 4.39 Å². The molecule has 10 nitrogen and oxygen atoms in total. The van der Waals surface area contributed by atoms with Gasteiger partial charge >= 0.3 is 11.7 Å². The molecular formula is C18H13ClFN7O3. The van der Waals surface area contributed by atoms with Gasteiger partial charge in [-0.25, -0.2) is 14.2 Å². The minimum Gasteiger partial charge on any atom is -0.493 e. The Kier molecular flexibility index (Phi) is 4.24. The second-order valence-corrected chi connectivity index (χ2v) is 7.05. The Labute approximate surface area is 171 Å². The van der Waals surface area contributed by atoms with Gasteiger partial charge < -0.3 is 14.8 Å². The van der Waals surface area contributed by atoms with E-state index in [0.29, 0.717) is 5.22 Å². The lowest BCUT2D eigenvalue weighted by Gasteiger charge is -2.07. The van der Waals surface area contributed by atoms with Crippen molar-refractivity contribution in [2.24, 2.45) is 4.99 Å². The second kappa shape index (κ2) is 6.95. The average Bonchev–Trinajstić information content (AvgIpc) is 3.34. The van der Waals surface area contributed by atoms with Crippen molar-refractivity contribution in [2.45, 2.75) is 18.9 Å². The van der Waals surface area contributed by atoms with Gasteiger partial charge in [-0.2, -0.15) is 19.6 Å². The van der Waals surface area contributed by atoms with Crippen molar-refractivity contribution in [1.29, 1.82) is 0 Å². The number of hydrogen-bond acceptors (Lipinski definition) is 7. The zero-order chi connectivity index (χ0) is 20.8. The van der Waals surface area contributed by atoms with Gasteiger partial charge in [-0.1, -0.05) is 17.7 Å². The Hall–Kier alpha value is -3.73. The van der Waals surface area contributed by atoms with Crippen LogP contribution in [-0.4, -0.2) is 40.7 Å². The van der Waals surface area contributed by atoms with E-state index in [1.54, 1.807) is 0 Å². The van der Waals surface area contributed by atoms with Crippen LogP contribution < -0.4 is 21.3 Å². The van der Waals surface area contributed by atoms with E-state index in [1.807, 2.05) is 0 Å². The molecule has 0 saturated heterocycles. The summed E-state index contributed by atoms with van der Waals surface area (Å²) in [7, 11) is 0. The van der Waals surface area contributed by atoms with Gasteiger partial charge in [0.1, 0.15) is 5.69 Å². The minimum absolute atomic E-state index is 0.0641. The number of para-hydroxylation sites is 1. The molecule has 3 aromatic heterocycles. The van der Waals surface area contributed by atoms with Crippen LogP contribution >= 0.6 is 11.6 Å². The number of halogens is 2. The summed E-state index contributed by atoms with van der Waals surface area (Å²) in [6.45, 7) is 0. The summed E-state index contributed by atoms with van der Waals surface area (Å²) in [5.41, 5.74) is 0.103. The first-order chi connectivity index (χ1) is 14.5. The number of nitrogens with one attached hydrogen (secondary N) is 2. The molecule has 0 atom stereocenters. The van der Waals surface area contributed by atoms with E-state index in [4.69, 9.17) is 16.3 Å². The van der Waals surface area contributed by atoms with Gasteiger partial charge in [-0.05, 0) is 31.1 Å². The molecule has 1 aliphatic carbocycles. The van der Waals surface area contributed by atoms with Crippen molar-refractivity contribution in [3.63, 3.8) is 0 Å². The van der Waals surface area contributed by atoms with E-state index in [2.05, 4.69) is 30.0 Å². The van der Waals surface area contributed by atoms with Gasteiger partial charge in [0.05, 0.1) is 17.3 Å². The minimum atomic E-state index is -0.665. The molecule has 4 aromatic rings. The number of hydrogen-bond donors (Lipinski definition) is 3. The SMILES string of the molecule is O=c1[nH]c(O)c(/C=c2/cnn3c(=NC4CC4)nc(Oc4c(F)cccc4Cl)nc23)[nH]1. The first kappa shape index (κ1) is 18.3. The average molecular weight is 430 g/mol. The van der Waals surface area contributed by atoms with Crippen LogP contribution in [0.15, 0.2) is 34.2 Å². The number of benzene rings is 1. The molecule has 1 aromatic carbocycles. The Morgan fingerprint density at radius 2 is 2.17 bits per heavy atom. The van der Waals surface area contributed by atoms with E-state index < -0.39 is 11.5 Å². The van der Waals surface area contributed by atoms with E-state index in [0.717, 1.165) is 12.8 Å².